The highest BCUT2D eigenvalue weighted by molar-refractivity contribution is 5.71. The normalized spacial score (nSPS) is 23.8. The Morgan fingerprint density at radius 2 is 1.83 bits per heavy atom. The van der Waals surface area contributed by atoms with Crippen LogP contribution in [-0.4, -0.2) is 56.1 Å². The monoisotopic (exact) mass is 388 g/mol. The van der Waals surface area contributed by atoms with E-state index in [9.17, 15) is 0 Å². The van der Waals surface area contributed by atoms with E-state index in [1.54, 1.807) is 7.11 Å². The van der Waals surface area contributed by atoms with Crippen molar-refractivity contribution in [3.05, 3.63) is 47.8 Å². The number of ether oxygens (including phenoxy) is 1. The van der Waals surface area contributed by atoms with Gasteiger partial charge in [0.2, 0.25) is 0 Å². The minimum Gasteiger partial charge on any atom is -0.493 e. The minimum absolute atomic E-state index is 0.589. The van der Waals surface area contributed by atoms with E-state index in [0.29, 0.717) is 5.92 Å². The third kappa shape index (κ3) is 2.50. The molecule has 1 aliphatic carbocycles. The van der Waals surface area contributed by atoms with Gasteiger partial charge in [0.25, 0.3) is 0 Å². The number of likely N-dealkylation sites (tertiary alicyclic amines) is 1. The summed E-state index contributed by atoms with van der Waals surface area (Å²) in [6, 6.07) is 4.12. The average Bonchev–Trinajstić information content (AvgIpc) is 3.09. The van der Waals surface area contributed by atoms with Crippen LogP contribution in [0.2, 0.25) is 0 Å². The predicted octanol–water partition coefficient (Wildman–Crippen LogP) is 2.94. The predicted molar refractivity (Wildman–Crippen MR) is 110 cm³/mol. The Bertz CT molecular complexity index is 1260. The molecule has 0 radical (unpaired) electrons. The van der Waals surface area contributed by atoms with Crippen molar-refractivity contribution in [2.24, 2.45) is 11.8 Å². The third-order valence-corrected chi connectivity index (χ3v) is 6.53. The fraction of sp³-hybridized carbons (Fsp3) is 0.409. The average molecular weight is 388 g/mol. The van der Waals surface area contributed by atoms with Crippen LogP contribution in [0.4, 0.5) is 0 Å². The van der Waals surface area contributed by atoms with Crippen molar-refractivity contribution in [2.45, 2.75) is 19.8 Å². The fourth-order valence-electron chi connectivity index (χ4n) is 5.14. The van der Waals surface area contributed by atoms with Gasteiger partial charge < -0.3 is 14.0 Å². The Morgan fingerprint density at radius 3 is 2.59 bits per heavy atom. The molecule has 0 amide bonds. The summed E-state index contributed by atoms with van der Waals surface area (Å²) in [6.07, 6.45) is 6.24. The van der Waals surface area contributed by atoms with E-state index in [-0.39, 0.29) is 0 Å². The van der Waals surface area contributed by atoms with Crippen LogP contribution < -0.4 is 4.74 Å². The van der Waals surface area contributed by atoms with Gasteiger partial charge >= 0.3 is 0 Å². The highest BCUT2D eigenvalue weighted by atomic mass is 16.5. The molecule has 29 heavy (non-hydrogen) atoms. The molecule has 0 bridgehead atoms. The zero-order chi connectivity index (χ0) is 19.9. The number of imidazole rings is 1. The number of pyridine rings is 1. The smallest absolute Gasteiger partial charge is 0.179 e. The van der Waals surface area contributed by atoms with Gasteiger partial charge in [-0.25, -0.2) is 9.50 Å². The van der Waals surface area contributed by atoms with Crippen molar-refractivity contribution in [1.82, 2.24) is 28.9 Å². The topological polar surface area (TPSA) is 60.0 Å². The van der Waals surface area contributed by atoms with Crippen LogP contribution in [0.15, 0.2) is 30.7 Å². The van der Waals surface area contributed by atoms with Crippen molar-refractivity contribution in [2.75, 3.05) is 27.2 Å². The summed E-state index contributed by atoms with van der Waals surface area (Å²) in [5, 5.41) is 4.78. The molecule has 3 atom stereocenters. The van der Waals surface area contributed by atoms with E-state index in [1.807, 2.05) is 30.6 Å². The molecule has 5 heterocycles. The van der Waals surface area contributed by atoms with Crippen LogP contribution >= 0.6 is 0 Å². The molecule has 4 aromatic rings. The Morgan fingerprint density at radius 1 is 1.03 bits per heavy atom. The molecular formula is C22H24N6O. The minimum atomic E-state index is 0.589. The maximum absolute atomic E-state index is 5.69. The summed E-state index contributed by atoms with van der Waals surface area (Å²) in [5.41, 5.74) is 6.93. The Kier molecular flexibility index (Phi) is 3.39. The lowest BCUT2D eigenvalue weighted by atomic mass is 10.2. The molecule has 0 N–H and O–H groups in total. The fourth-order valence-corrected chi connectivity index (χ4v) is 5.14. The van der Waals surface area contributed by atoms with Gasteiger partial charge in [0.1, 0.15) is 0 Å². The number of hydrogen-bond donors (Lipinski definition) is 0. The van der Waals surface area contributed by atoms with Gasteiger partial charge in [-0.15, -0.1) is 0 Å². The van der Waals surface area contributed by atoms with Crippen molar-refractivity contribution in [1.29, 1.82) is 0 Å². The summed E-state index contributed by atoms with van der Waals surface area (Å²) in [4.78, 5) is 11.9. The molecule has 7 nitrogen and oxygen atoms in total. The second-order valence-electron chi connectivity index (χ2n) is 8.60. The van der Waals surface area contributed by atoms with Crippen LogP contribution in [0.5, 0.6) is 5.75 Å². The lowest BCUT2D eigenvalue weighted by Gasteiger charge is -2.11. The molecule has 2 fully saturated rings. The van der Waals surface area contributed by atoms with Gasteiger partial charge in [-0.1, -0.05) is 0 Å². The van der Waals surface area contributed by atoms with Crippen LogP contribution in [0.3, 0.4) is 0 Å². The number of methoxy groups -OCH3 is 1. The zero-order valence-corrected chi connectivity index (χ0v) is 17.1. The van der Waals surface area contributed by atoms with Gasteiger partial charge in [0, 0.05) is 37.0 Å². The molecular weight excluding hydrogens is 364 g/mol. The summed E-state index contributed by atoms with van der Waals surface area (Å²) in [7, 11) is 3.91. The number of rotatable bonds is 3. The van der Waals surface area contributed by atoms with E-state index in [0.717, 1.165) is 51.4 Å². The lowest BCUT2D eigenvalue weighted by molar-refractivity contribution is 0.362. The Balaban J connectivity index is 1.44. The first-order valence-corrected chi connectivity index (χ1v) is 10.1. The lowest BCUT2D eigenvalue weighted by Crippen LogP contribution is -2.18. The molecule has 2 aliphatic rings. The van der Waals surface area contributed by atoms with E-state index < -0.39 is 0 Å². The van der Waals surface area contributed by atoms with Crippen LogP contribution in [0.1, 0.15) is 23.0 Å². The van der Waals surface area contributed by atoms with Crippen LogP contribution in [-0.2, 0) is 0 Å². The molecule has 6 rings (SSSR count). The number of nitrogens with zero attached hydrogens (tertiary/aromatic N) is 6. The molecule has 0 spiro atoms. The van der Waals surface area contributed by atoms with Crippen molar-refractivity contribution < 1.29 is 4.74 Å². The Hall–Kier alpha value is -2.93. The molecule has 1 saturated carbocycles. The van der Waals surface area contributed by atoms with Crippen molar-refractivity contribution in [3.63, 3.8) is 0 Å². The summed E-state index contributed by atoms with van der Waals surface area (Å²) in [5.74, 6) is 2.88. The quantitative estimate of drug-likeness (QED) is 0.540. The molecule has 0 aromatic carbocycles. The van der Waals surface area contributed by atoms with Crippen molar-refractivity contribution >= 4 is 11.2 Å². The molecule has 1 saturated heterocycles. The van der Waals surface area contributed by atoms with E-state index in [1.165, 1.54) is 18.8 Å². The van der Waals surface area contributed by atoms with Gasteiger partial charge in [-0.2, -0.15) is 5.10 Å². The molecule has 1 unspecified atom stereocenters. The van der Waals surface area contributed by atoms with E-state index in [2.05, 4.69) is 39.8 Å². The highest BCUT2D eigenvalue weighted by Crippen LogP contribution is 2.57. The maximum atomic E-state index is 5.69. The summed E-state index contributed by atoms with van der Waals surface area (Å²) < 4.78 is 9.70. The summed E-state index contributed by atoms with van der Waals surface area (Å²) in [6.45, 7) is 6.36. The first-order valence-electron chi connectivity index (χ1n) is 10.1. The standard InChI is InChI=1S/C22H24N6O/c1-12-7-28-19(13(2)23-12)6-17(25-28)14-5-20(29-4)22-24-18(11-27(22)8-14)21-15-9-26(3)10-16(15)21/h5-8,11,15-16,21H,9-10H2,1-4H3/t15-,16+,21?. The maximum Gasteiger partial charge on any atom is 0.179 e. The first-order chi connectivity index (χ1) is 14.0. The molecule has 4 aromatic heterocycles. The largest absolute Gasteiger partial charge is 0.493 e. The molecule has 148 valence electrons. The second-order valence-corrected chi connectivity index (χ2v) is 8.60. The van der Waals surface area contributed by atoms with Crippen LogP contribution in [0.25, 0.3) is 22.4 Å². The Labute approximate surface area is 168 Å². The van der Waals surface area contributed by atoms with Gasteiger partial charge in [0.05, 0.1) is 41.6 Å². The number of hydrogen-bond acceptors (Lipinski definition) is 5. The third-order valence-electron chi connectivity index (χ3n) is 6.53. The number of fused-ring (bicyclic) bond motifs is 3. The number of aryl methyl sites for hydroxylation is 2. The van der Waals surface area contributed by atoms with Crippen molar-refractivity contribution in [3.8, 4) is 17.0 Å². The second kappa shape index (κ2) is 5.79. The van der Waals surface area contributed by atoms with Crippen LogP contribution in [0, 0.1) is 25.7 Å². The SMILES string of the molecule is COc1cc(-c2cc3c(C)nc(C)cn3n2)cn2cc(C3[C@H]4CN(C)C[C@@H]34)nc12. The number of piperidine rings is 1. The highest BCUT2D eigenvalue weighted by Gasteiger charge is 2.56. The summed E-state index contributed by atoms with van der Waals surface area (Å²) >= 11 is 0. The first kappa shape index (κ1) is 17.0. The van der Waals surface area contributed by atoms with Gasteiger partial charge in [0.15, 0.2) is 11.4 Å². The van der Waals surface area contributed by atoms with Gasteiger partial charge in [-0.05, 0) is 44.9 Å². The van der Waals surface area contributed by atoms with E-state index in [4.69, 9.17) is 14.8 Å². The van der Waals surface area contributed by atoms with E-state index >= 15 is 0 Å². The molecule has 7 heteroatoms. The van der Waals surface area contributed by atoms with Gasteiger partial charge in [-0.3, -0.25) is 4.98 Å². The molecule has 1 aliphatic heterocycles. The number of aromatic nitrogens is 5. The zero-order valence-electron chi connectivity index (χ0n) is 17.1.